The number of ketones is 1. The molecule has 0 aliphatic carbocycles. The molecule has 44 heavy (non-hydrogen) atoms. The average Bonchev–Trinajstić information content (AvgIpc) is 3.70. The van der Waals surface area contributed by atoms with Gasteiger partial charge in [0.1, 0.15) is 23.4 Å². The molecule has 2 atom stereocenters. The van der Waals surface area contributed by atoms with Crippen LogP contribution in [-0.2, 0) is 21.8 Å². The Hall–Kier alpha value is -3.57. The summed E-state index contributed by atoms with van der Waals surface area (Å²) >= 11 is 14.9. The van der Waals surface area contributed by atoms with Crippen molar-refractivity contribution in [2.45, 2.75) is 48.9 Å². The van der Waals surface area contributed by atoms with E-state index in [1.807, 2.05) is 26.0 Å². The zero-order valence-corrected chi connectivity index (χ0v) is 26.9. The molecule has 3 heterocycles. The van der Waals surface area contributed by atoms with Crippen LogP contribution in [0, 0.1) is 0 Å². The number of anilines is 1. The predicted octanol–water partition coefficient (Wildman–Crippen LogP) is 7.88. The number of aliphatic hydroxyl groups is 1. The van der Waals surface area contributed by atoms with E-state index in [1.54, 1.807) is 48.5 Å². The van der Waals surface area contributed by atoms with Crippen LogP contribution >= 0.6 is 46.3 Å². The van der Waals surface area contributed by atoms with Crippen molar-refractivity contribution in [1.82, 2.24) is 10.2 Å². The van der Waals surface area contributed by atoms with Gasteiger partial charge in [-0.1, -0.05) is 71.4 Å². The van der Waals surface area contributed by atoms with Crippen molar-refractivity contribution in [1.29, 1.82) is 0 Å². The van der Waals surface area contributed by atoms with Crippen molar-refractivity contribution >= 4 is 68.9 Å². The largest absolute Gasteiger partial charge is 0.507 e. The number of hydrogen-bond donors (Lipinski definition) is 1. The number of hydrogen-bond acceptors (Lipinski definition) is 9. The molecule has 0 unspecified atom stereocenters. The fourth-order valence-electron chi connectivity index (χ4n) is 5.20. The van der Waals surface area contributed by atoms with Crippen LogP contribution in [0.15, 0.2) is 70.6 Å². The van der Waals surface area contributed by atoms with Gasteiger partial charge in [0.15, 0.2) is 4.34 Å². The summed E-state index contributed by atoms with van der Waals surface area (Å²) < 4.78 is 12.2. The Morgan fingerprint density at radius 3 is 2.77 bits per heavy atom. The number of fused-ring (bicyclic) bond motifs is 1. The summed E-state index contributed by atoms with van der Waals surface area (Å²) in [6, 6.07) is 16.8. The zero-order valence-electron chi connectivity index (χ0n) is 23.8. The van der Waals surface area contributed by atoms with Crippen molar-refractivity contribution in [2.24, 2.45) is 0 Å². The molecule has 0 bridgehead atoms. The second kappa shape index (κ2) is 12.8. The molecule has 12 heteroatoms. The predicted molar refractivity (Wildman–Crippen MR) is 173 cm³/mol. The second-order valence-electron chi connectivity index (χ2n) is 10.4. The van der Waals surface area contributed by atoms with E-state index in [9.17, 15) is 14.7 Å². The summed E-state index contributed by atoms with van der Waals surface area (Å²) in [7, 11) is 0. The number of thioether (sulfide) groups is 1. The fraction of sp³-hybridized carbons (Fsp3) is 0.250. The van der Waals surface area contributed by atoms with Crippen LogP contribution in [0.2, 0.25) is 10.0 Å². The molecule has 0 saturated carbocycles. The molecule has 1 aromatic heterocycles. The molecular weight excluding hydrogens is 641 g/mol. The topological polar surface area (TPSA) is 102 Å². The number of carbonyl (C=O) groups excluding carboxylic acids is 2. The van der Waals surface area contributed by atoms with Crippen LogP contribution in [0.5, 0.6) is 11.5 Å². The summed E-state index contributed by atoms with van der Waals surface area (Å²) in [6.07, 6.45) is 1.51. The quantitative estimate of drug-likeness (QED) is 0.0632. The van der Waals surface area contributed by atoms with E-state index in [2.05, 4.69) is 10.2 Å². The minimum atomic E-state index is -0.958. The van der Waals surface area contributed by atoms with Crippen LogP contribution in [0.4, 0.5) is 5.13 Å². The Labute approximate surface area is 272 Å². The third-order valence-electron chi connectivity index (χ3n) is 7.23. The Morgan fingerprint density at radius 1 is 1.14 bits per heavy atom. The van der Waals surface area contributed by atoms with Crippen molar-refractivity contribution in [3.05, 3.63) is 98.5 Å². The van der Waals surface area contributed by atoms with Crippen molar-refractivity contribution in [2.75, 3.05) is 11.5 Å². The number of aromatic nitrogens is 2. The van der Waals surface area contributed by atoms with Gasteiger partial charge in [-0.2, -0.15) is 0 Å². The van der Waals surface area contributed by atoms with Crippen molar-refractivity contribution in [3.8, 4) is 11.5 Å². The number of Topliss-reactive ketones (excluding diaryl/α,β-unsaturated/α-hetero) is 1. The molecule has 6 rings (SSSR count). The van der Waals surface area contributed by atoms with Crippen LogP contribution in [0.3, 0.4) is 0 Å². The molecule has 8 nitrogen and oxygen atoms in total. The Balaban J connectivity index is 1.39. The van der Waals surface area contributed by atoms with Crippen LogP contribution in [0.25, 0.3) is 5.76 Å². The summed E-state index contributed by atoms with van der Waals surface area (Å²) in [5.41, 5.74) is 2.78. The van der Waals surface area contributed by atoms with Gasteiger partial charge in [-0.25, -0.2) is 0 Å². The smallest absolute Gasteiger partial charge is 0.301 e. The van der Waals surface area contributed by atoms with Crippen LogP contribution < -0.4 is 14.4 Å². The van der Waals surface area contributed by atoms with Gasteiger partial charge in [-0.05, 0) is 72.5 Å². The van der Waals surface area contributed by atoms with Gasteiger partial charge in [0, 0.05) is 27.8 Å². The first-order chi connectivity index (χ1) is 21.2. The van der Waals surface area contributed by atoms with E-state index < -0.39 is 17.7 Å². The molecule has 226 valence electrons. The van der Waals surface area contributed by atoms with E-state index in [0.29, 0.717) is 50.0 Å². The lowest BCUT2D eigenvalue weighted by molar-refractivity contribution is -0.132. The molecule has 1 N–H and O–H groups in total. The highest BCUT2D eigenvalue weighted by Crippen LogP contribution is 2.45. The first-order valence-electron chi connectivity index (χ1n) is 14.0. The monoisotopic (exact) mass is 667 g/mol. The maximum atomic E-state index is 13.7. The molecule has 4 aromatic rings. The minimum absolute atomic E-state index is 0.0130. The maximum absolute atomic E-state index is 13.7. The lowest BCUT2D eigenvalue weighted by Gasteiger charge is -2.23. The fourth-order valence-corrected chi connectivity index (χ4v) is 7.63. The van der Waals surface area contributed by atoms with E-state index in [4.69, 9.17) is 32.7 Å². The highest BCUT2D eigenvalue weighted by Gasteiger charge is 2.48. The lowest BCUT2D eigenvalue weighted by atomic mass is 9.94. The number of carbonyl (C=O) groups is 2. The number of halogens is 2. The highest BCUT2D eigenvalue weighted by atomic mass is 35.5. The Bertz CT molecular complexity index is 1790. The van der Waals surface area contributed by atoms with Gasteiger partial charge in [0.2, 0.25) is 5.13 Å². The molecule has 2 aliphatic heterocycles. The molecule has 0 radical (unpaired) electrons. The standard InChI is InChI=1S/C32H27Cl2N3O5S2/c1-3-11-41-23-6-4-5-18(14-23)27-26(28(38)19-8-10-25-21(13-19)12-17(2)42-25)29(39)30(40)37(27)31-35-36-32(44-31)43-16-20-7-9-22(33)15-24(20)34/h4-10,13-15,17,27,38H,3,11-12,16H2,1-2H3/b28-26+/t17-,27-/m1/s1. The van der Waals surface area contributed by atoms with Gasteiger partial charge in [0.05, 0.1) is 18.2 Å². The molecule has 1 fully saturated rings. The lowest BCUT2D eigenvalue weighted by Crippen LogP contribution is -2.29. The van der Waals surface area contributed by atoms with E-state index >= 15 is 0 Å². The number of aliphatic hydroxyl groups excluding tert-OH is 1. The summed E-state index contributed by atoms with van der Waals surface area (Å²) in [4.78, 5) is 28.7. The average molecular weight is 669 g/mol. The first kappa shape index (κ1) is 30.5. The number of benzene rings is 3. The zero-order chi connectivity index (χ0) is 31.0. The third kappa shape index (κ3) is 6.04. The summed E-state index contributed by atoms with van der Waals surface area (Å²) in [6.45, 7) is 4.48. The summed E-state index contributed by atoms with van der Waals surface area (Å²) in [5.74, 6) is -0.0466. The molecule has 1 amide bonds. The molecule has 2 aliphatic rings. The number of nitrogens with zero attached hydrogens (tertiary/aromatic N) is 3. The van der Waals surface area contributed by atoms with E-state index in [0.717, 1.165) is 23.3 Å². The van der Waals surface area contributed by atoms with Gasteiger partial charge >= 0.3 is 5.91 Å². The minimum Gasteiger partial charge on any atom is -0.507 e. The molecule has 3 aromatic carbocycles. The Morgan fingerprint density at radius 2 is 1.98 bits per heavy atom. The van der Waals surface area contributed by atoms with E-state index in [1.165, 1.54) is 28.0 Å². The summed E-state index contributed by atoms with van der Waals surface area (Å²) in [5, 5.41) is 21.5. The Kier molecular flexibility index (Phi) is 8.87. The van der Waals surface area contributed by atoms with Crippen molar-refractivity contribution < 1.29 is 24.2 Å². The van der Waals surface area contributed by atoms with Crippen molar-refractivity contribution in [3.63, 3.8) is 0 Å². The van der Waals surface area contributed by atoms with Gasteiger partial charge in [-0.15, -0.1) is 10.2 Å². The molecule has 0 spiro atoms. The third-order valence-corrected chi connectivity index (χ3v) is 9.92. The molecule has 1 saturated heterocycles. The SMILES string of the molecule is CCCOc1cccc([C@@H]2/C(=C(\O)c3ccc4c(c3)C[C@@H](C)O4)C(=O)C(=O)N2c2nnc(SCc3ccc(Cl)cc3Cl)s2)c1. The number of amides is 1. The van der Waals surface area contributed by atoms with E-state index in [-0.39, 0.29) is 22.6 Å². The highest BCUT2D eigenvalue weighted by molar-refractivity contribution is 8.00. The van der Waals surface area contributed by atoms with Crippen LogP contribution in [-0.4, -0.2) is 39.7 Å². The first-order valence-corrected chi connectivity index (χ1v) is 16.5. The number of rotatable bonds is 9. The van der Waals surface area contributed by atoms with Gasteiger partial charge < -0.3 is 14.6 Å². The maximum Gasteiger partial charge on any atom is 0.301 e. The number of ether oxygens (including phenoxy) is 2. The van der Waals surface area contributed by atoms with Gasteiger partial charge in [0.25, 0.3) is 5.78 Å². The second-order valence-corrected chi connectivity index (χ2v) is 13.4. The van der Waals surface area contributed by atoms with Crippen LogP contribution in [0.1, 0.15) is 48.6 Å². The molecular formula is C32H27Cl2N3O5S2. The van der Waals surface area contributed by atoms with Gasteiger partial charge in [-0.3, -0.25) is 14.5 Å². The normalized spacial score (nSPS) is 18.9.